The molecule has 1 heterocycles. The molecule has 1 aromatic carbocycles. The summed E-state index contributed by atoms with van der Waals surface area (Å²) >= 11 is 7.13. The molecule has 0 fully saturated rings. The molecule has 0 atom stereocenters. The van der Waals surface area contributed by atoms with Crippen molar-refractivity contribution in [2.75, 3.05) is 0 Å². The van der Waals surface area contributed by atoms with E-state index in [9.17, 15) is 4.79 Å². The quantitative estimate of drug-likeness (QED) is 0.533. The van der Waals surface area contributed by atoms with Gasteiger partial charge in [0.2, 0.25) is 0 Å². The van der Waals surface area contributed by atoms with Gasteiger partial charge in [0, 0.05) is 0 Å². The normalized spacial score (nSPS) is 12.0. The molecule has 1 nitrogen and oxygen atoms in total. The summed E-state index contributed by atoms with van der Waals surface area (Å²) in [6.45, 7) is 6.55. The summed E-state index contributed by atoms with van der Waals surface area (Å²) in [5.41, 5.74) is 2.45. The summed E-state index contributed by atoms with van der Waals surface area (Å²) in [5, 5.41) is 0. The first-order valence-electron chi connectivity index (χ1n) is 6.44. The molecule has 0 amide bonds. The minimum atomic E-state index is -0.0122. The Bertz CT molecular complexity index is 630. The second-order valence-electron chi connectivity index (χ2n) is 5.67. The first-order valence-corrected chi connectivity index (χ1v) is 7.64. The number of hydrogen-bond acceptors (Lipinski definition) is 2. The second kappa shape index (κ2) is 5.94. The Morgan fingerprint density at radius 1 is 1.10 bits per heavy atom. The van der Waals surface area contributed by atoms with E-state index in [0.717, 1.165) is 5.56 Å². The molecule has 0 unspecified atom stereocenters. The Labute approximate surface area is 128 Å². The summed E-state index contributed by atoms with van der Waals surface area (Å²) in [4.78, 5) is 12.6. The highest BCUT2D eigenvalue weighted by Gasteiger charge is 2.12. The van der Waals surface area contributed by atoms with Crippen LogP contribution in [0.25, 0.3) is 6.08 Å². The molecule has 20 heavy (non-hydrogen) atoms. The number of benzene rings is 1. The first kappa shape index (κ1) is 15.0. The van der Waals surface area contributed by atoms with E-state index in [2.05, 4.69) is 32.9 Å². The second-order valence-corrected chi connectivity index (χ2v) is 7.39. The fraction of sp³-hybridized carbons (Fsp3) is 0.235. The highest BCUT2D eigenvalue weighted by Crippen LogP contribution is 2.24. The van der Waals surface area contributed by atoms with Gasteiger partial charge in [-0.05, 0) is 34.8 Å². The summed E-state index contributed by atoms with van der Waals surface area (Å²) in [6, 6.07) is 11.8. The number of rotatable bonds is 3. The van der Waals surface area contributed by atoms with E-state index in [-0.39, 0.29) is 11.2 Å². The maximum Gasteiger partial charge on any atom is 0.195 e. The molecule has 0 aliphatic carbocycles. The lowest BCUT2D eigenvalue weighted by Crippen LogP contribution is -2.10. The van der Waals surface area contributed by atoms with Crippen molar-refractivity contribution in [2.45, 2.75) is 26.2 Å². The average Bonchev–Trinajstić information content (AvgIpc) is 2.82. The summed E-state index contributed by atoms with van der Waals surface area (Å²) in [6.07, 6.45) is 3.43. The number of allylic oxidation sites excluding steroid dienone is 1. The van der Waals surface area contributed by atoms with Gasteiger partial charge in [0.15, 0.2) is 5.78 Å². The Kier molecular flexibility index (Phi) is 4.46. The van der Waals surface area contributed by atoms with E-state index in [1.165, 1.54) is 16.9 Å². The van der Waals surface area contributed by atoms with Gasteiger partial charge in [-0.2, -0.15) is 0 Å². The zero-order chi connectivity index (χ0) is 14.8. The molecule has 0 spiro atoms. The van der Waals surface area contributed by atoms with Crippen molar-refractivity contribution in [2.24, 2.45) is 0 Å². The van der Waals surface area contributed by atoms with Crippen LogP contribution in [0.5, 0.6) is 0 Å². The van der Waals surface area contributed by atoms with Crippen molar-refractivity contribution in [3.8, 4) is 0 Å². The standard InChI is InChI=1S/C17H17ClOS/c1-17(2,3)13-7-4-12(5-8-13)6-9-14(19)15-10-11-16(18)20-15/h4-11H,1-3H3. The van der Waals surface area contributed by atoms with Crippen LogP contribution in [0.3, 0.4) is 0 Å². The zero-order valence-electron chi connectivity index (χ0n) is 11.8. The first-order chi connectivity index (χ1) is 9.36. The number of ketones is 1. The summed E-state index contributed by atoms with van der Waals surface area (Å²) in [7, 11) is 0. The van der Waals surface area contributed by atoms with Crippen LogP contribution in [0.1, 0.15) is 41.6 Å². The van der Waals surface area contributed by atoms with Crippen LogP contribution in [0.15, 0.2) is 42.5 Å². The molecular formula is C17H17ClOS. The zero-order valence-corrected chi connectivity index (χ0v) is 13.4. The van der Waals surface area contributed by atoms with Crippen LogP contribution in [0.2, 0.25) is 4.34 Å². The van der Waals surface area contributed by atoms with Gasteiger partial charge < -0.3 is 0 Å². The van der Waals surface area contributed by atoms with Gasteiger partial charge in [-0.25, -0.2) is 0 Å². The Balaban J connectivity index is 2.10. The lowest BCUT2D eigenvalue weighted by molar-refractivity contribution is 0.105. The molecule has 2 rings (SSSR count). The van der Waals surface area contributed by atoms with Crippen molar-refractivity contribution in [3.63, 3.8) is 0 Å². The van der Waals surface area contributed by atoms with Crippen molar-refractivity contribution in [3.05, 3.63) is 62.8 Å². The summed E-state index contributed by atoms with van der Waals surface area (Å²) < 4.78 is 0.635. The molecule has 3 heteroatoms. The third-order valence-electron chi connectivity index (χ3n) is 3.02. The molecule has 0 bridgehead atoms. The Hall–Kier alpha value is -1.38. The van der Waals surface area contributed by atoms with Crippen LogP contribution >= 0.6 is 22.9 Å². The Morgan fingerprint density at radius 3 is 2.25 bits per heavy atom. The fourth-order valence-electron chi connectivity index (χ4n) is 1.79. The monoisotopic (exact) mass is 304 g/mol. The van der Waals surface area contributed by atoms with Gasteiger partial charge in [-0.15, -0.1) is 11.3 Å². The van der Waals surface area contributed by atoms with E-state index < -0.39 is 0 Å². The Morgan fingerprint density at radius 2 is 1.75 bits per heavy atom. The lowest BCUT2D eigenvalue weighted by Gasteiger charge is -2.18. The molecule has 0 N–H and O–H groups in total. The molecule has 0 aliphatic heterocycles. The van der Waals surface area contributed by atoms with Crippen LogP contribution in [0.4, 0.5) is 0 Å². The van der Waals surface area contributed by atoms with E-state index in [0.29, 0.717) is 9.21 Å². The molecule has 0 saturated heterocycles. The molecule has 104 valence electrons. The van der Waals surface area contributed by atoms with Gasteiger partial charge in [-0.1, -0.05) is 62.7 Å². The molecule has 0 radical (unpaired) electrons. The van der Waals surface area contributed by atoms with Crippen LogP contribution < -0.4 is 0 Å². The number of carbonyl (C=O) groups is 1. The van der Waals surface area contributed by atoms with E-state index in [4.69, 9.17) is 11.6 Å². The van der Waals surface area contributed by atoms with Gasteiger partial charge in [0.25, 0.3) is 0 Å². The van der Waals surface area contributed by atoms with Crippen LogP contribution in [0, 0.1) is 0 Å². The average molecular weight is 305 g/mol. The topological polar surface area (TPSA) is 17.1 Å². The van der Waals surface area contributed by atoms with Crippen molar-refractivity contribution in [1.82, 2.24) is 0 Å². The summed E-state index contributed by atoms with van der Waals surface area (Å²) in [5.74, 6) is -0.0122. The number of halogens is 1. The van der Waals surface area contributed by atoms with E-state index in [1.54, 1.807) is 18.2 Å². The molecule has 1 aromatic heterocycles. The molecule has 2 aromatic rings. The van der Waals surface area contributed by atoms with Gasteiger partial charge in [0.1, 0.15) is 0 Å². The van der Waals surface area contributed by atoms with Crippen molar-refractivity contribution in [1.29, 1.82) is 0 Å². The minimum absolute atomic E-state index is 0.0122. The third-order valence-corrected chi connectivity index (χ3v) is 4.27. The fourth-order valence-corrected chi connectivity index (χ4v) is 2.76. The SMILES string of the molecule is CC(C)(C)c1ccc(C=CC(=O)c2ccc(Cl)s2)cc1. The van der Waals surface area contributed by atoms with E-state index in [1.807, 2.05) is 18.2 Å². The maximum atomic E-state index is 11.9. The van der Waals surface area contributed by atoms with Crippen LogP contribution in [-0.2, 0) is 5.41 Å². The van der Waals surface area contributed by atoms with E-state index >= 15 is 0 Å². The number of thiophene rings is 1. The number of carbonyl (C=O) groups excluding carboxylic acids is 1. The molecule has 0 aliphatic rings. The predicted molar refractivity (Wildman–Crippen MR) is 87.8 cm³/mol. The van der Waals surface area contributed by atoms with Crippen LogP contribution in [-0.4, -0.2) is 5.78 Å². The molecular weight excluding hydrogens is 288 g/mol. The van der Waals surface area contributed by atoms with Gasteiger partial charge >= 0.3 is 0 Å². The minimum Gasteiger partial charge on any atom is -0.288 e. The number of hydrogen-bond donors (Lipinski definition) is 0. The molecule has 0 saturated carbocycles. The third kappa shape index (κ3) is 3.81. The highest BCUT2D eigenvalue weighted by atomic mass is 35.5. The highest BCUT2D eigenvalue weighted by molar-refractivity contribution is 7.18. The van der Waals surface area contributed by atoms with Crippen molar-refractivity contribution < 1.29 is 4.79 Å². The van der Waals surface area contributed by atoms with Crippen molar-refractivity contribution >= 4 is 34.8 Å². The van der Waals surface area contributed by atoms with Gasteiger partial charge in [0.05, 0.1) is 9.21 Å². The predicted octanol–water partition coefficient (Wildman–Crippen LogP) is 5.60. The largest absolute Gasteiger partial charge is 0.288 e. The van der Waals surface area contributed by atoms with Gasteiger partial charge in [-0.3, -0.25) is 4.79 Å². The maximum absolute atomic E-state index is 11.9. The lowest BCUT2D eigenvalue weighted by atomic mass is 9.87. The smallest absolute Gasteiger partial charge is 0.195 e.